The third-order valence-electron chi connectivity index (χ3n) is 3.62. The molecule has 2 aliphatic rings. The smallest absolute Gasteiger partial charge is 0.319 e. The summed E-state index contributed by atoms with van der Waals surface area (Å²) in [6.07, 6.45) is 6.40. The van der Waals surface area contributed by atoms with E-state index in [9.17, 15) is 4.79 Å². The number of urea groups is 1. The fourth-order valence-corrected chi connectivity index (χ4v) is 2.95. The van der Waals surface area contributed by atoms with Crippen LogP contribution in [0.1, 0.15) is 32.1 Å². The van der Waals surface area contributed by atoms with E-state index in [4.69, 9.17) is 0 Å². The highest BCUT2D eigenvalue weighted by Gasteiger charge is 2.37. The van der Waals surface area contributed by atoms with Crippen LogP contribution in [0.25, 0.3) is 0 Å². The number of amides is 2. The van der Waals surface area contributed by atoms with Gasteiger partial charge in [-0.3, -0.25) is 0 Å². The van der Waals surface area contributed by atoms with E-state index in [1.54, 1.807) is 4.90 Å². The Morgan fingerprint density at radius 1 is 1.21 bits per heavy atom. The van der Waals surface area contributed by atoms with Gasteiger partial charge in [-0.05, 0) is 31.6 Å². The molecule has 2 fully saturated rings. The molecule has 2 rings (SSSR count). The summed E-state index contributed by atoms with van der Waals surface area (Å²) in [6.45, 7) is 0.970. The average molecular weight is 196 g/mol. The summed E-state index contributed by atoms with van der Waals surface area (Å²) >= 11 is 0. The van der Waals surface area contributed by atoms with Crippen molar-refractivity contribution in [3.63, 3.8) is 0 Å². The lowest BCUT2D eigenvalue weighted by molar-refractivity contribution is 0.110. The predicted octanol–water partition coefficient (Wildman–Crippen LogP) is 1.93. The highest BCUT2D eigenvalue weighted by atomic mass is 16.2. The minimum absolute atomic E-state index is 0.210. The van der Waals surface area contributed by atoms with Gasteiger partial charge in [0.1, 0.15) is 0 Å². The van der Waals surface area contributed by atoms with Gasteiger partial charge in [-0.15, -0.1) is 0 Å². The Balaban J connectivity index is 2.06. The van der Waals surface area contributed by atoms with E-state index < -0.39 is 0 Å². The van der Waals surface area contributed by atoms with Gasteiger partial charge in [0.15, 0.2) is 0 Å². The summed E-state index contributed by atoms with van der Waals surface area (Å²) in [4.78, 5) is 15.7. The Bertz CT molecular complexity index is 227. The molecule has 2 atom stereocenters. The Labute approximate surface area is 86.1 Å². The van der Waals surface area contributed by atoms with Crippen molar-refractivity contribution in [2.45, 2.75) is 38.1 Å². The van der Waals surface area contributed by atoms with Gasteiger partial charge in [-0.25, -0.2) is 4.79 Å². The normalized spacial score (nSPS) is 31.4. The van der Waals surface area contributed by atoms with E-state index in [2.05, 4.69) is 4.90 Å². The number of rotatable bonds is 0. The van der Waals surface area contributed by atoms with Crippen molar-refractivity contribution in [3.8, 4) is 0 Å². The maximum Gasteiger partial charge on any atom is 0.319 e. The van der Waals surface area contributed by atoms with Crippen molar-refractivity contribution in [1.29, 1.82) is 0 Å². The zero-order valence-corrected chi connectivity index (χ0v) is 9.20. The van der Waals surface area contributed by atoms with Gasteiger partial charge in [-0.2, -0.15) is 0 Å². The average Bonchev–Trinajstić information content (AvgIpc) is 2.63. The molecule has 14 heavy (non-hydrogen) atoms. The second kappa shape index (κ2) is 3.79. The summed E-state index contributed by atoms with van der Waals surface area (Å²) in [7, 11) is 3.70. The van der Waals surface area contributed by atoms with Crippen molar-refractivity contribution >= 4 is 6.03 Å². The maximum absolute atomic E-state index is 11.9. The molecule has 0 aromatic rings. The second-order valence-electron chi connectivity index (χ2n) is 4.77. The van der Waals surface area contributed by atoms with E-state index in [0.717, 1.165) is 12.5 Å². The topological polar surface area (TPSA) is 23.6 Å². The quantitative estimate of drug-likeness (QED) is 0.580. The van der Waals surface area contributed by atoms with Gasteiger partial charge in [0.25, 0.3) is 0 Å². The van der Waals surface area contributed by atoms with Crippen LogP contribution >= 0.6 is 0 Å². The first kappa shape index (κ1) is 9.81. The van der Waals surface area contributed by atoms with Crippen LogP contribution in [0.2, 0.25) is 0 Å². The highest BCUT2D eigenvalue weighted by Crippen LogP contribution is 2.36. The number of piperidine rings is 1. The minimum atomic E-state index is 0.210. The van der Waals surface area contributed by atoms with Crippen LogP contribution in [0.5, 0.6) is 0 Å². The molecule has 0 N–H and O–H groups in total. The lowest BCUT2D eigenvalue weighted by Crippen LogP contribution is -2.50. The molecule has 0 bridgehead atoms. The number of hydrogen-bond donors (Lipinski definition) is 0. The molecular formula is C11H20N2O. The summed E-state index contributed by atoms with van der Waals surface area (Å²) in [6, 6.07) is 0.764. The van der Waals surface area contributed by atoms with Crippen LogP contribution in [0.3, 0.4) is 0 Å². The van der Waals surface area contributed by atoms with E-state index in [1.807, 2.05) is 14.1 Å². The molecule has 1 saturated carbocycles. The molecule has 1 saturated heterocycles. The zero-order valence-electron chi connectivity index (χ0n) is 9.20. The molecule has 3 nitrogen and oxygen atoms in total. The lowest BCUT2D eigenvalue weighted by atomic mass is 9.92. The second-order valence-corrected chi connectivity index (χ2v) is 4.77. The molecule has 0 spiro atoms. The molecule has 1 aliphatic heterocycles. The summed E-state index contributed by atoms with van der Waals surface area (Å²) in [5, 5.41) is 0. The Hall–Kier alpha value is -0.730. The SMILES string of the molecule is CN(C)C(=O)N1CCCC2CCCC21. The van der Waals surface area contributed by atoms with Crippen LogP contribution in [0.15, 0.2) is 0 Å². The van der Waals surface area contributed by atoms with E-state index in [1.165, 1.54) is 32.1 Å². The summed E-state index contributed by atoms with van der Waals surface area (Å²) < 4.78 is 0. The van der Waals surface area contributed by atoms with E-state index in [-0.39, 0.29) is 6.03 Å². The molecule has 0 aromatic heterocycles. The number of fused-ring (bicyclic) bond motifs is 1. The van der Waals surface area contributed by atoms with Crippen molar-refractivity contribution in [2.24, 2.45) is 5.92 Å². The first-order chi connectivity index (χ1) is 6.70. The number of likely N-dealkylation sites (tertiary alicyclic amines) is 1. The minimum Gasteiger partial charge on any atom is -0.331 e. The number of nitrogens with zero attached hydrogens (tertiary/aromatic N) is 2. The molecular weight excluding hydrogens is 176 g/mol. The van der Waals surface area contributed by atoms with E-state index >= 15 is 0 Å². The molecule has 1 aliphatic carbocycles. The first-order valence-electron chi connectivity index (χ1n) is 5.68. The van der Waals surface area contributed by atoms with Crippen LogP contribution in [-0.2, 0) is 0 Å². The zero-order chi connectivity index (χ0) is 10.1. The standard InChI is InChI=1S/C11H20N2O/c1-12(2)11(14)13-8-4-6-9-5-3-7-10(9)13/h9-10H,3-8H2,1-2H3. The van der Waals surface area contributed by atoms with Crippen molar-refractivity contribution < 1.29 is 4.79 Å². The summed E-state index contributed by atoms with van der Waals surface area (Å²) in [5.74, 6) is 0.799. The maximum atomic E-state index is 11.9. The molecule has 0 radical (unpaired) electrons. The molecule has 1 heterocycles. The Morgan fingerprint density at radius 2 is 1.93 bits per heavy atom. The number of carbonyl (C=O) groups is 1. The largest absolute Gasteiger partial charge is 0.331 e. The summed E-state index contributed by atoms with van der Waals surface area (Å²) in [5.41, 5.74) is 0. The lowest BCUT2D eigenvalue weighted by Gasteiger charge is -2.39. The highest BCUT2D eigenvalue weighted by molar-refractivity contribution is 5.74. The molecule has 2 amide bonds. The Morgan fingerprint density at radius 3 is 2.64 bits per heavy atom. The molecule has 0 aromatic carbocycles. The van der Waals surface area contributed by atoms with Crippen molar-refractivity contribution in [3.05, 3.63) is 0 Å². The van der Waals surface area contributed by atoms with Crippen molar-refractivity contribution in [1.82, 2.24) is 9.80 Å². The van der Waals surface area contributed by atoms with Crippen LogP contribution < -0.4 is 0 Å². The molecule has 2 unspecified atom stereocenters. The van der Waals surface area contributed by atoms with Crippen LogP contribution in [0, 0.1) is 5.92 Å². The van der Waals surface area contributed by atoms with Gasteiger partial charge in [0.05, 0.1) is 0 Å². The van der Waals surface area contributed by atoms with Gasteiger partial charge in [0, 0.05) is 26.7 Å². The van der Waals surface area contributed by atoms with Gasteiger partial charge >= 0.3 is 6.03 Å². The third kappa shape index (κ3) is 1.60. The van der Waals surface area contributed by atoms with Gasteiger partial charge in [0.2, 0.25) is 0 Å². The van der Waals surface area contributed by atoms with Crippen LogP contribution in [-0.4, -0.2) is 42.5 Å². The van der Waals surface area contributed by atoms with Gasteiger partial charge in [-0.1, -0.05) is 6.42 Å². The fraction of sp³-hybridized carbons (Fsp3) is 0.909. The first-order valence-corrected chi connectivity index (χ1v) is 5.68. The molecule has 80 valence electrons. The Kier molecular flexibility index (Phi) is 2.66. The van der Waals surface area contributed by atoms with Crippen LogP contribution in [0.4, 0.5) is 4.79 Å². The third-order valence-corrected chi connectivity index (χ3v) is 3.62. The molecule has 3 heteroatoms. The predicted molar refractivity (Wildman–Crippen MR) is 56.2 cm³/mol. The number of hydrogen-bond acceptors (Lipinski definition) is 1. The monoisotopic (exact) mass is 196 g/mol. The van der Waals surface area contributed by atoms with Gasteiger partial charge < -0.3 is 9.80 Å². The fourth-order valence-electron chi connectivity index (χ4n) is 2.95. The van der Waals surface area contributed by atoms with Crippen molar-refractivity contribution in [2.75, 3.05) is 20.6 Å². The number of carbonyl (C=O) groups excluding carboxylic acids is 1. The van der Waals surface area contributed by atoms with E-state index in [0.29, 0.717) is 6.04 Å².